The Morgan fingerprint density at radius 3 is 2.65 bits per heavy atom. The van der Waals surface area contributed by atoms with Crippen molar-refractivity contribution in [3.8, 4) is 0 Å². The molecule has 7 heteroatoms. The molecule has 0 aliphatic carbocycles. The molecule has 0 saturated carbocycles. The van der Waals surface area contributed by atoms with Gasteiger partial charge < -0.3 is 4.57 Å². The van der Waals surface area contributed by atoms with Crippen molar-refractivity contribution in [1.29, 1.82) is 0 Å². The summed E-state index contributed by atoms with van der Waals surface area (Å²) < 4.78 is 27.1. The Bertz CT molecular complexity index is 444. The molecule has 0 unspecified atom stereocenters. The van der Waals surface area contributed by atoms with Crippen LogP contribution in [0.2, 0.25) is 0 Å². The Morgan fingerprint density at radius 1 is 1.41 bits per heavy atom. The van der Waals surface area contributed by atoms with Crippen LogP contribution in [-0.4, -0.2) is 41.2 Å². The van der Waals surface area contributed by atoms with Gasteiger partial charge in [-0.3, -0.25) is 0 Å². The maximum Gasteiger partial charge on any atom is 0.261 e. The van der Waals surface area contributed by atoms with E-state index in [0.717, 1.165) is 24.6 Å². The van der Waals surface area contributed by atoms with E-state index in [4.69, 9.17) is 0 Å². The zero-order valence-corrected chi connectivity index (χ0v) is 12.5. The molecule has 0 N–H and O–H groups in total. The Morgan fingerprint density at radius 2 is 2.12 bits per heavy atom. The molecule has 1 heterocycles. The predicted molar refractivity (Wildman–Crippen MR) is 70.7 cm³/mol. The second-order valence-corrected chi connectivity index (χ2v) is 6.74. The van der Waals surface area contributed by atoms with Gasteiger partial charge in [0, 0.05) is 32.2 Å². The van der Waals surface area contributed by atoms with Crippen molar-refractivity contribution < 1.29 is 8.42 Å². The second-order valence-electron chi connectivity index (χ2n) is 3.95. The molecule has 1 aromatic heterocycles. The van der Waals surface area contributed by atoms with E-state index in [0.29, 0.717) is 6.54 Å². The molecule has 0 bridgehead atoms. The van der Waals surface area contributed by atoms with Crippen LogP contribution in [-0.2, 0) is 17.1 Å². The second kappa shape index (κ2) is 6.51. The van der Waals surface area contributed by atoms with Gasteiger partial charge in [0.25, 0.3) is 10.0 Å². The lowest BCUT2D eigenvalue weighted by Gasteiger charge is -2.15. The van der Waals surface area contributed by atoms with Gasteiger partial charge in [-0.05, 0) is 12.8 Å². The summed E-state index contributed by atoms with van der Waals surface area (Å²) in [5, 5.41) is 1.08. The van der Waals surface area contributed by atoms with Gasteiger partial charge in [0.05, 0.1) is 6.33 Å². The van der Waals surface area contributed by atoms with E-state index in [1.165, 1.54) is 16.8 Å². The molecule has 0 aliphatic rings. The number of imidazole rings is 1. The third-order valence-corrected chi connectivity index (χ3v) is 4.77. The molecule has 0 saturated heterocycles. The maximum absolute atomic E-state index is 12.1. The number of nitrogens with zero attached hydrogens (tertiary/aromatic N) is 3. The number of hydrogen-bond acceptors (Lipinski definition) is 3. The average Bonchev–Trinajstić information content (AvgIpc) is 2.71. The van der Waals surface area contributed by atoms with Crippen LogP contribution in [0.25, 0.3) is 0 Å². The number of aryl methyl sites for hydroxylation is 1. The van der Waals surface area contributed by atoms with Gasteiger partial charge in [0.1, 0.15) is 0 Å². The Balaban J connectivity index is 2.58. The molecule has 0 spiro atoms. The van der Waals surface area contributed by atoms with Gasteiger partial charge in [-0.25, -0.2) is 13.4 Å². The van der Waals surface area contributed by atoms with Crippen LogP contribution in [0.5, 0.6) is 0 Å². The number of hydrogen-bond donors (Lipinski definition) is 0. The molecule has 0 amide bonds. The Hall–Kier alpha value is -0.400. The fraction of sp³-hybridized carbons (Fsp3) is 0.700. The highest BCUT2D eigenvalue weighted by Crippen LogP contribution is 2.12. The smallest absolute Gasteiger partial charge is 0.261 e. The van der Waals surface area contributed by atoms with Crippen LogP contribution >= 0.6 is 15.9 Å². The summed E-state index contributed by atoms with van der Waals surface area (Å²) in [6.45, 7) is 0.534. The monoisotopic (exact) mass is 323 g/mol. The molecular formula is C10H18BrN3O2S. The van der Waals surface area contributed by atoms with E-state index in [1.807, 2.05) is 0 Å². The van der Waals surface area contributed by atoms with Crippen LogP contribution < -0.4 is 0 Å². The van der Waals surface area contributed by atoms with Crippen LogP contribution in [0.15, 0.2) is 17.6 Å². The van der Waals surface area contributed by atoms with Crippen LogP contribution in [0.1, 0.15) is 19.3 Å². The SMILES string of the molecule is CN(CCCCCBr)S(=O)(=O)c1cn(C)cn1. The Labute approximate surface area is 111 Å². The summed E-state index contributed by atoms with van der Waals surface area (Å²) >= 11 is 3.35. The van der Waals surface area contributed by atoms with Gasteiger partial charge in [-0.15, -0.1) is 0 Å². The number of sulfonamides is 1. The molecule has 1 rings (SSSR count). The largest absolute Gasteiger partial charge is 0.339 e. The third-order valence-electron chi connectivity index (χ3n) is 2.46. The van der Waals surface area contributed by atoms with Crippen molar-refractivity contribution in [2.75, 3.05) is 18.9 Å². The van der Waals surface area contributed by atoms with Crippen LogP contribution in [0.4, 0.5) is 0 Å². The first-order valence-electron chi connectivity index (χ1n) is 5.48. The summed E-state index contributed by atoms with van der Waals surface area (Å²) in [6.07, 6.45) is 5.97. The lowest BCUT2D eigenvalue weighted by Crippen LogP contribution is -2.28. The molecule has 0 aromatic carbocycles. The minimum Gasteiger partial charge on any atom is -0.339 e. The summed E-state index contributed by atoms with van der Waals surface area (Å²) in [5.41, 5.74) is 0. The van der Waals surface area contributed by atoms with E-state index in [9.17, 15) is 8.42 Å². The quantitative estimate of drug-likeness (QED) is 0.565. The fourth-order valence-corrected chi connectivity index (χ4v) is 2.97. The number of unbranched alkanes of at least 4 members (excludes halogenated alkanes) is 2. The normalized spacial score (nSPS) is 12.2. The van der Waals surface area contributed by atoms with Crippen LogP contribution in [0.3, 0.4) is 0 Å². The van der Waals surface area contributed by atoms with Crippen molar-refractivity contribution >= 4 is 26.0 Å². The number of rotatable bonds is 7. The van der Waals surface area contributed by atoms with Crippen molar-refractivity contribution in [2.24, 2.45) is 7.05 Å². The molecule has 17 heavy (non-hydrogen) atoms. The number of halogens is 1. The summed E-state index contributed by atoms with van der Waals surface area (Å²) in [5.74, 6) is 0. The van der Waals surface area contributed by atoms with E-state index >= 15 is 0 Å². The van der Waals surface area contributed by atoms with E-state index in [2.05, 4.69) is 20.9 Å². The van der Waals surface area contributed by atoms with E-state index in [1.54, 1.807) is 18.7 Å². The zero-order chi connectivity index (χ0) is 12.9. The Kier molecular flexibility index (Phi) is 5.61. The fourth-order valence-electron chi connectivity index (χ4n) is 1.41. The first-order chi connectivity index (χ1) is 7.98. The van der Waals surface area contributed by atoms with Gasteiger partial charge in [0.2, 0.25) is 0 Å². The van der Waals surface area contributed by atoms with Gasteiger partial charge in [-0.2, -0.15) is 4.31 Å². The first kappa shape index (κ1) is 14.7. The predicted octanol–water partition coefficient (Wildman–Crippen LogP) is 1.61. The number of alkyl halides is 1. The van der Waals surface area contributed by atoms with Crippen LogP contribution in [0, 0.1) is 0 Å². The van der Waals surface area contributed by atoms with E-state index < -0.39 is 10.0 Å². The third kappa shape index (κ3) is 4.08. The molecule has 1 aromatic rings. The first-order valence-corrected chi connectivity index (χ1v) is 8.05. The minimum absolute atomic E-state index is 0.114. The van der Waals surface area contributed by atoms with Crippen molar-refractivity contribution in [2.45, 2.75) is 24.3 Å². The molecule has 0 atom stereocenters. The number of aromatic nitrogens is 2. The average molecular weight is 324 g/mol. The highest BCUT2D eigenvalue weighted by Gasteiger charge is 2.22. The minimum atomic E-state index is -3.42. The highest BCUT2D eigenvalue weighted by atomic mass is 79.9. The lowest BCUT2D eigenvalue weighted by molar-refractivity contribution is 0.452. The standard InChI is InChI=1S/C10H18BrN3O2S/c1-13-8-10(12-9-13)17(15,16)14(2)7-5-3-4-6-11/h8-9H,3-7H2,1-2H3. The van der Waals surface area contributed by atoms with E-state index in [-0.39, 0.29) is 5.03 Å². The van der Waals surface area contributed by atoms with Crippen molar-refractivity contribution in [3.05, 3.63) is 12.5 Å². The van der Waals surface area contributed by atoms with Gasteiger partial charge >= 0.3 is 0 Å². The summed E-state index contributed by atoms with van der Waals surface area (Å²) in [4.78, 5) is 3.88. The molecule has 0 fully saturated rings. The zero-order valence-electron chi connectivity index (χ0n) is 10.1. The van der Waals surface area contributed by atoms with Gasteiger partial charge in [-0.1, -0.05) is 22.4 Å². The molecule has 0 aliphatic heterocycles. The lowest BCUT2D eigenvalue weighted by atomic mass is 10.2. The van der Waals surface area contributed by atoms with Crippen molar-refractivity contribution in [1.82, 2.24) is 13.9 Å². The van der Waals surface area contributed by atoms with Crippen molar-refractivity contribution in [3.63, 3.8) is 0 Å². The molecule has 98 valence electrons. The topological polar surface area (TPSA) is 55.2 Å². The maximum atomic E-state index is 12.1. The van der Waals surface area contributed by atoms with Gasteiger partial charge in [0.15, 0.2) is 5.03 Å². The molecular weight excluding hydrogens is 306 g/mol. The molecule has 5 nitrogen and oxygen atoms in total. The summed E-state index contributed by atoms with van der Waals surface area (Å²) in [7, 11) is -0.0683. The molecule has 0 radical (unpaired) electrons. The highest BCUT2D eigenvalue weighted by molar-refractivity contribution is 9.09. The summed E-state index contributed by atoms with van der Waals surface area (Å²) in [6, 6.07) is 0.